The van der Waals surface area contributed by atoms with Crippen molar-refractivity contribution in [2.75, 3.05) is 13.7 Å². The summed E-state index contributed by atoms with van der Waals surface area (Å²) in [6.45, 7) is 6.95. The summed E-state index contributed by atoms with van der Waals surface area (Å²) in [4.78, 5) is 11.4. The van der Waals surface area contributed by atoms with Gasteiger partial charge in [-0.05, 0) is 25.2 Å². The van der Waals surface area contributed by atoms with Crippen LogP contribution in [0.1, 0.15) is 38.5 Å². The quantitative estimate of drug-likeness (QED) is 0.627. The Kier molecular flexibility index (Phi) is 7.35. The molecule has 2 atom stereocenters. The second kappa shape index (κ2) is 8.31. The third-order valence-electron chi connectivity index (χ3n) is 4.70. The molecule has 0 aromatic rings. The number of alkyl carbamates (subject to hydrolysis) is 1. The van der Waals surface area contributed by atoms with E-state index in [1.165, 1.54) is 13.5 Å². The molecule has 0 aromatic heterocycles. The zero-order valence-corrected chi connectivity index (χ0v) is 15.7. The van der Waals surface area contributed by atoms with Gasteiger partial charge in [0.25, 0.3) is 0 Å². The number of carbonyl (C=O) groups excluding carboxylic acids is 1. The number of hydrogen-bond donors (Lipinski definition) is 3. The Balaban J connectivity index is 2.75. The molecule has 1 aliphatic carbocycles. The van der Waals surface area contributed by atoms with E-state index >= 15 is 0 Å². The Morgan fingerprint density at radius 3 is 2.45 bits per heavy atom. The SMILES string of the molecule is CNC(=O)OC[C@](N)(CC[Si](C)(C)C)[C@@H](O)C1CCCCC1. The average Bonchev–Trinajstić information content (AvgIpc) is 2.50. The molecule has 1 amide bonds. The Morgan fingerprint density at radius 2 is 1.95 bits per heavy atom. The molecule has 0 spiro atoms. The van der Waals surface area contributed by atoms with E-state index in [9.17, 15) is 9.90 Å². The number of ether oxygens (including phenoxy) is 1. The fourth-order valence-electron chi connectivity index (χ4n) is 3.10. The van der Waals surface area contributed by atoms with Gasteiger partial charge in [-0.15, -0.1) is 0 Å². The summed E-state index contributed by atoms with van der Waals surface area (Å²) >= 11 is 0. The summed E-state index contributed by atoms with van der Waals surface area (Å²) in [5, 5.41) is 13.3. The van der Waals surface area contributed by atoms with Gasteiger partial charge in [0.15, 0.2) is 0 Å². The maximum Gasteiger partial charge on any atom is 0.406 e. The Morgan fingerprint density at radius 1 is 1.36 bits per heavy atom. The molecule has 0 heterocycles. The van der Waals surface area contributed by atoms with E-state index < -0.39 is 25.8 Å². The number of hydrogen-bond acceptors (Lipinski definition) is 4. The predicted octanol–water partition coefficient (Wildman–Crippen LogP) is 2.71. The lowest BCUT2D eigenvalue weighted by Crippen LogP contribution is -2.58. The molecule has 0 saturated heterocycles. The fraction of sp³-hybridized carbons (Fsp3) is 0.938. The molecular weight excluding hydrogens is 296 g/mol. The number of rotatable bonds is 7. The van der Waals surface area contributed by atoms with Gasteiger partial charge in [0, 0.05) is 15.1 Å². The maximum absolute atomic E-state index is 11.4. The normalized spacial score (nSPS) is 21.0. The molecule has 22 heavy (non-hydrogen) atoms. The molecule has 1 rings (SSSR count). The van der Waals surface area contributed by atoms with Gasteiger partial charge in [0.05, 0.1) is 11.6 Å². The Labute approximate surface area is 136 Å². The molecule has 0 bridgehead atoms. The highest BCUT2D eigenvalue weighted by atomic mass is 28.3. The number of nitrogens with two attached hydrogens (primary N) is 1. The molecule has 5 nitrogen and oxygen atoms in total. The molecule has 0 unspecified atom stereocenters. The lowest BCUT2D eigenvalue weighted by molar-refractivity contribution is -0.0152. The third kappa shape index (κ3) is 6.26. The first-order chi connectivity index (χ1) is 10.2. The van der Waals surface area contributed by atoms with Crippen LogP contribution in [0, 0.1) is 5.92 Å². The molecular formula is C16H34N2O3Si. The number of aliphatic hydroxyl groups excluding tert-OH is 1. The second-order valence-corrected chi connectivity index (χ2v) is 13.6. The minimum absolute atomic E-state index is 0.0782. The zero-order valence-electron chi connectivity index (χ0n) is 14.7. The topological polar surface area (TPSA) is 84.6 Å². The molecule has 1 aliphatic rings. The van der Waals surface area contributed by atoms with Crippen LogP contribution >= 0.6 is 0 Å². The van der Waals surface area contributed by atoms with Crippen LogP contribution in [0.15, 0.2) is 0 Å². The van der Waals surface area contributed by atoms with E-state index in [0.717, 1.165) is 31.7 Å². The van der Waals surface area contributed by atoms with Gasteiger partial charge in [-0.1, -0.05) is 44.9 Å². The minimum atomic E-state index is -1.27. The Hall–Kier alpha value is -0.593. The van der Waals surface area contributed by atoms with Crippen molar-refractivity contribution in [3.8, 4) is 0 Å². The molecule has 4 N–H and O–H groups in total. The lowest BCUT2D eigenvalue weighted by atomic mass is 9.76. The van der Waals surface area contributed by atoms with Crippen LogP contribution in [-0.4, -0.2) is 44.6 Å². The van der Waals surface area contributed by atoms with Crippen LogP contribution in [0.5, 0.6) is 0 Å². The van der Waals surface area contributed by atoms with Crippen LogP contribution < -0.4 is 11.1 Å². The van der Waals surface area contributed by atoms with Gasteiger partial charge in [-0.25, -0.2) is 4.79 Å². The molecule has 6 heteroatoms. The number of amides is 1. The fourth-order valence-corrected chi connectivity index (χ4v) is 4.32. The predicted molar refractivity (Wildman–Crippen MR) is 92.7 cm³/mol. The number of aliphatic hydroxyl groups is 1. The van der Waals surface area contributed by atoms with Crippen molar-refractivity contribution in [1.29, 1.82) is 0 Å². The van der Waals surface area contributed by atoms with Crippen molar-refractivity contribution in [3.05, 3.63) is 0 Å². The summed E-state index contributed by atoms with van der Waals surface area (Å²) < 4.78 is 5.21. The van der Waals surface area contributed by atoms with Crippen molar-refractivity contribution in [2.24, 2.45) is 11.7 Å². The van der Waals surface area contributed by atoms with Gasteiger partial charge in [-0.3, -0.25) is 0 Å². The Bertz CT molecular complexity index is 354. The third-order valence-corrected chi connectivity index (χ3v) is 6.45. The van der Waals surface area contributed by atoms with E-state index in [4.69, 9.17) is 10.5 Å². The van der Waals surface area contributed by atoms with Crippen molar-refractivity contribution < 1.29 is 14.6 Å². The van der Waals surface area contributed by atoms with E-state index in [-0.39, 0.29) is 12.5 Å². The van der Waals surface area contributed by atoms with Crippen LogP contribution in [0.3, 0.4) is 0 Å². The summed E-state index contributed by atoms with van der Waals surface area (Å²) in [6, 6.07) is 1.02. The summed E-state index contributed by atoms with van der Waals surface area (Å²) in [5.74, 6) is 0.230. The highest BCUT2D eigenvalue weighted by Gasteiger charge is 2.41. The molecule has 0 aromatic carbocycles. The monoisotopic (exact) mass is 330 g/mol. The molecule has 130 valence electrons. The number of carbonyl (C=O) groups is 1. The molecule has 0 aliphatic heterocycles. The van der Waals surface area contributed by atoms with E-state index in [2.05, 4.69) is 25.0 Å². The molecule has 1 saturated carbocycles. The first-order valence-electron chi connectivity index (χ1n) is 8.49. The standard InChI is InChI=1S/C16H34N2O3Si/c1-18-15(20)21-12-16(17,10-11-22(2,3)4)14(19)13-8-6-5-7-9-13/h13-14,19H,5-12,17H2,1-4H3,(H,18,20)/t14-,16+/m0/s1. The zero-order chi connectivity index (χ0) is 16.8. The van der Waals surface area contributed by atoms with Gasteiger partial charge < -0.3 is 20.9 Å². The van der Waals surface area contributed by atoms with Crippen molar-refractivity contribution >= 4 is 14.2 Å². The maximum atomic E-state index is 11.4. The van der Waals surface area contributed by atoms with Crippen LogP contribution in [0.4, 0.5) is 4.79 Å². The second-order valence-electron chi connectivity index (χ2n) is 7.96. The van der Waals surface area contributed by atoms with Gasteiger partial charge >= 0.3 is 6.09 Å². The summed E-state index contributed by atoms with van der Waals surface area (Å²) in [6.07, 6.45) is 5.21. The van der Waals surface area contributed by atoms with Gasteiger partial charge in [-0.2, -0.15) is 0 Å². The summed E-state index contributed by atoms with van der Waals surface area (Å²) in [5.41, 5.74) is 5.71. The smallest absolute Gasteiger partial charge is 0.406 e. The van der Waals surface area contributed by atoms with Crippen LogP contribution in [0.25, 0.3) is 0 Å². The van der Waals surface area contributed by atoms with E-state index in [1.807, 2.05) is 0 Å². The minimum Gasteiger partial charge on any atom is -0.448 e. The van der Waals surface area contributed by atoms with Crippen molar-refractivity contribution in [2.45, 2.75) is 75.9 Å². The molecule has 0 radical (unpaired) electrons. The van der Waals surface area contributed by atoms with Gasteiger partial charge in [0.1, 0.15) is 6.61 Å². The number of nitrogens with one attached hydrogen (secondary N) is 1. The summed E-state index contributed by atoms with van der Waals surface area (Å²) in [7, 11) is 0.254. The first-order valence-corrected chi connectivity index (χ1v) is 12.2. The molecule has 1 fully saturated rings. The van der Waals surface area contributed by atoms with Crippen molar-refractivity contribution in [3.63, 3.8) is 0 Å². The van der Waals surface area contributed by atoms with Crippen molar-refractivity contribution in [1.82, 2.24) is 5.32 Å². The largest absolute Gasteiger partial charge is 0.448 e. The van der Waals surface area contributed by atoms with E-state index in [1.54, 1.807) is 0 Å². The first kappa shape index (κ1) is 19.5. The highest BCUT2D eigenvalue weighted by Crippen LogP contribution is 2.33. The average molecular weight is 331 g/mol. The van der Waals surface area contributed by atoms with Crippen LogP contribution in [-0.2, 0) is 4.74 Å². The van der Waals surface area contributed by atoms with E-state index in [0.29, 0.717) is 6.42 Å². The highest BCUT2D eigenvalue weighted by molar-refractivity contribution is 6.76. The van der Waals surface area contributed by atoms with Gasteiger partial charge in [0.2, 0.25) is 0 Å². The lowest BCUT2D eigenvalue weighted by Gasteiger charge is -2.40. The van der Waals surface area contributed by atoms with Crippen LogP contribution in [0.2, 0.25) is 25.7 Å².